The number of rotatable bonds is 1. The van der Waals surface area contributed by atoms with Crippen molar-refractivity contribution in [1.29, 1.82) is 0 Å². The minimum absolute atomic E-state index is 0.125. The molecule has 0 saturated carbocycles. The van der Waals surface area contributed by atoms with Crippen LogP contribution in [0.5, 0.6) is 0 Å². The smallest absolute Gasteiger partial charge is 0.181 e. The molecule has 0 atom stereocenters. The van der Waals surface area contributed by atoms with E-state index in [4.69, 9.17) is 12.2 Å². The molecule has 0 amide bonds. The second kappa shape index (κ2) is 3.54. The van der Waals surface area contributed by atoms with Crippen molar-refractivity contribution < 1.29 is 13.2 Å². The maximum absolute atomic E-state index is 13.3. The van der Waals surface area contributed by atoms with Gasteiger partial charge in [0.25, 0.3) is 0 Å². The second-order valence-electron chi connectivity index (χ2n) is 2.85. The van der Waals surface area contributed by atoms with Gasteiger partial charge < -0.3 is 4.98 Å². The van der Waals surface area contributed by atoms with Crippen molar-refractivity contribution in [1.82, 2.24) is 9.55 Å². The van der Waals surface area contributed by atoms with Gasteiger partial charge in [-0.2, -0.15) is 0 Å². The van der Waals surface area contributed by atoms with Gasteiger partial charge in [0.2, 0.25) is 0 Å². The normalized spacial score (nSPS) is 10.6. The Labute approximate surface area is 88.0 Å². The van der Waals surface area contributed by atoms with Gasteiger partial charge in [-0.1, -0.05) is 0 Å². The van der Waals surface area contributed by atoms with Crippen molar-refractivity contribution in [3.05, 3.63) is 46.7 Å². The minimum Gasteiger partial charge on any atom is -0.337 e. The highest BCUT2D eigenvalue weighted by atomic mass is 32.1. The van der Waals surface area contributed by atoms with Crippen LogP contribution in [0.4, 0.5) is 13.2 Å². The molecule has 0 spiro atoms. The average molecular weight is 230 g/mol. The number of hydrogen-bond donors (Lipinski definition) is 1. The molecule has 15 heavy (non-hydrogen) atoms. The molecule has 0 radical (unpaired) electrons. The zero-order valence-electron chi connectivity index (χ0n) is 7.30. The number of nitrogens with zero attached hydrogens (tertiary/aromatic N) is 1. The van der Waals surface area contributed by atoms with Crippen LogP contribution in [0.2, 0.25) is 0 Å². The molecule has 78 valence electrons. The lowest BCUT2D eigenvalue weighted by Crippen LogP contribution is -1.99. The number of H-pyrrole nitrogens is 1. The van der Waals surface area contributed by atoms with Crippen molar-refractivity contribution in [3.63, 3.8) is 0 Å². The van der Waals surface area contributed by atoms with E-state index in [-0.39, 0.29) is 10.5 Å². The first-order valence-electron chi connectivity index (χ1n) is 4.00. The SMILES string of the molecule is Fc1cc(F)c(-n2cc[nH]c2=S)cc1F. The molecule has 2 nitrogen and oxygen atoms in total. The summed E-state index contributed by atoms with van der Waals surface area (Å²) in [5.41, 5.74) is -0.125. The summed E-state index contributed by atoms with van der Waals surface area (Å²) in [6.45, 7) is 0. The fraction of sp³-hybridized carbons (Fsp3) is 0. The highest BCUT2D eigenvalue weighted by Gasteiger charge is 2.11. The summed E-state index contributed by atoms with van der Waals surface area (Å²) < 4.78 is 40.2. The third kappa shape index (κ3) is 1.68. The van der Waals surface area contributed by atoms with E-state index < -0.39 is 17.5 Å². The lowest BCUT2D eigenvalue weighted by molar-refractivity contribution is 0.492. The maximum atomic E-state index is 13.3. The standard InChI is InChI=1S/C9H5F3N2S/c10-5-3-7(12)8(4-6(5)11)14-2-1-13-9(14)15/h1-4H,(H,13,15). The van der Waals surface area contributed by atoms with E-state index in [9.17, 15) is 13.2 Å². The van der Waals surface area contributed by atoms with Crippen molar-refractivity contribution >= 4 is 12.2 Å². The topological polar surface area (TPSA) is 20.7 Å². The largest absolute Gasteiger partial charge is 0.337 e. The predicted octanol–water partition coefficient (Wildman–Crippen LogP) is 2.95. The number of hydrogen-bond acceptors (Lipinski definition) is 1. The molecule has 0 bridgehead atoms. The molecule has 6 heteroatoms. The number of imidazole rings is 1. The highest BCUT2D eigenvalue weighted by molar-refractivity contribution is 7.71. The number of benzene rings is 1. The zero-order chi connectivity index (χ0) is 11.0. The summed E-state index contributed by atoms with van der Waals surface area (Å²) in [4.78, 5) is 2.62. The van der Waals surface area contributed by atoms with E-state index >= 15 is 0 Å². The number of nitrogens with one attached hydrogen (secondary N) is 1. The Morgan fingerprint density at radius 3 is 2.33 bits per heavy atom. The van der Waals surface area contributed by atoms with Gasteiger partial charge in [0.1, 0.15) is 5.82 Å². The summed E-state index contributed by atoms with van der Waals surface area (Å²) in [6.07, 6.45) is 2.90. The molecule has 0 aliphatic rings. The summed E-state index contributed by atoms with van der Waals surface area (Å²) in [5, 5.41) is 0. The zero-order valence-corrected chi connectivity index (χ0v) is 8.12. The number of aromatic amines is 1. The lowest BCUT2D eigenvalue weighted by Gasteiger charge is -2.04. The minimum atomic E-state index is -1.22. The Hall–Kier alpha value is -1.56. The Morgan fingerprint density at radius 1 is 1.07 bits per heavy atom. The molecule has 1 N–H and O–H groups in total. The van der Waals surface area contributed by atoms with Crippen LogP contribution < -0.4 is 0 Å². The summed E-state index contributed by atoms with van der Waals surface area (Å²) in [5.74, 6) is -3.21. The van der Waals surface area contributed by atoms with E-state index in [1.165, 1.54) is 17.0 Å². The van der Waals surface area contributed by atoms with Crippen molar-refractivity contribution in [3.8, 4) is 5.69 Å². The molecule has 1 heterocycles. The van der Waals surface area contributed by atoms with Crippen LogP contribution in [-0.2, 0) is 0 Å². The third-order valence-corrected chi connectivity index (χ3v) is 2.21. The quantitative estimate of drug-likeness (QED) is 0.590. The van der Waals surface area contributed by atoms with Crippen LogP contribution in [0.1, 0.15) is 0 Å². The van der Waals surface area contributed by atoms with E-state index in [2.05, 4.69) is 4.98 Å². The fourth-order valence-corrected chi connectivity index (χ4v) is 1.43. The lowest BCUT2D eigenvalue weighted by atomic mass is 10.3. The first-order chi connectivity index (χ1) is 7.09. The highest BCUT2D eigenvalue weighted by Crippen LogP contribution is 2.17. The molecule has 0 unspecified atom stereocenters. The van der Waals surface area contributed by atoms with Crippen LogP contribution >= 0.6 is 12.2 Å². The van der Waals surface area contributed by atoms with Gasteiger partial charge in [-0.15, -0.1) is 0 Å². The molecule has 1 aromatic heterocycles. The summed E-state index contributed by atoms with van der Waals surface area (Å²) in [7, 11) is 0. The third-order valence-electron chi connectivity index (χ3n) is 1.90. The second-order valence-corrected chi connectivity index (χ2v) is 3.24. The van der Waals surface area contributed by atoms with E-state index in [0.29, 0.717) is 6.07 Å². The predicted molar refractivity (Wildman–Crippen MR) is 50.8 cm³/mol. The van der Waals surface area contributed by atoms with Crippen LogP contribution in [0.15, 0.2) is 24.5 Å². The molecule has 0 saturated heterocycles. The van der Waals surface area contributed by atoms with Gasteiger partial charge in [-0.3, -0.25) is 4.57 Å². The molecular weight excluding hydrogens is 225 g/mol. The molecule has 0 aliphatic carbocycles. The van der Waals surface area contributed by atoms with Gasteiger partial charge in [0.05, 0.1) is 5.69 Å². The molecule has 2 rings (SSSR count). The first-order valence-corrected chi connectivity index (χ1v) is 4.41. The molecule has 0 fully saturated rings. The molecular formula is C9H5F3N2S. The Bertz CT molecular complexity index is 559. The van der Waals surface area contributed by atoms with Crippen molar-refractivity contribution in [2.45, 2.75) is 0 Å². The first kappa shape index (κ1) is 9.97. The molecule has 0 aliphatic heterocycles. The Balaban J connectivity index is 2.69. The van der Waals surface area contributed by atoms with Crippen LogP contribution in [0, 0.1) is 22.2 Å². The van der Waals surface area contributed by atoms with Gasteiger partial charge in [0, 0.05) is 24.5 Å². The van der Waals surface area contributed by atoms with Gasteiger partial charge >= 0.3 is 0 Å². The molecule has 2 aromatic rings. The van der Waals surface area contributed by atoms with Crippen LogP contribution in [-0.4, -0.2) is 9.55 Å². The van der Waals surface area contributed by atoms with Crippen LogP contribution in [0.25, 0.3) is 5.69 Å². The number of halogens is 3. The fourth-order valence-electron chi connectivity index (χ4n) is 1.21. The van der Waals surface area contributed by atoms with Crippen molar-refractivity contribution in [2.24, 2.45) is 0 Å². The van der Waals surface area contributed by atoms with E-state index in [1.54, 1.807) is 0 Å². The van der Waals surface area contributed by atoms with Crippen molar-refractivity contribution in [2.75, 3.05) is 0 Å². The summed E-state index contributed by atoms with van der Waals surface area (Å²) in [6, 6.07) is 1.24. The Kier molecular flexibility index (Phi) is 2.36. The molecule has 1 aromatic carbocycles. The van der Waals surface area contributed by atoms with Gasteiger partial charge in [-0.25, -0.2) is 13.2 Å². The average Bonchev–Trinajstić information content (AvgIpc) is 2.58. The Morgan fingerprint density at radius 2 is 1.73 bits per heavy atom. The maximum Gasteiger partial charge on any atom is 0.181 e. The van der Waals surface area contributed by atoms with E-state index in [0.717, 1.165) is 6.07 Å². The summed E-state index contributed by atoms with van der Waals surface area (Å²) >= 11 is 4.83. The van der Waals surface area contributed by atoms with E-state index in [1.807, 2.05) is 0 Å². The van der Waals surface area contributed by atoms with Gasteiger partial charge in [-0.05, 0) is 12.2 Å². The number of aromatic nitrogens is 2. The van der Waals surface area contributed by atoms with Gasteiger partial charge in [0.15, 0.2) is 16.4 Å². The van der Waals surface area contributed by atoms with Crippen LogP contribution in [0.3, 0.4) is 0 Å². The monoisotopic (exact) mass is 230 g/mol.